The molecule has 1 aromatic carbocycles. The van der Waals surface area contributed by atoms with E-state index in [1.165, 1.54) is 5.56 Å². The van der Waals surface area contributed by atoms with Crippen molar-refractivity contribution >= 4 is 5.91 Å². The highest BCUT2D eigenvalue weighted by atomic mass is 16.5. The third-order valence-corrected chi connectivity index (χ3v) is 4.16. The molecule has 0 spiro atoms. The molecule has 0 radical (unpaired) electrons. The van der Waals surface area contributed by atoms with Gasteiger partial charge in [-0.3, -0.25) is 4.79 Å². The van der Waals surface area contributed by atoms with Crippen LogP contribution in [-0.2, 0) is 4.79 Å². The summed E-state index contributed by atoms with van der Waals surface area (Å²) in [5.74, 6) is 1.36. The number of carbonyl (C=O) groups is 1. The number of benzene rings is 1. The van der Waals surface area contributed by atoms with Crippen LogP contribution in [0, 0.1) is 5.92 Å². The molecule has 21 heavy (non-hydrogen) atoms. The minimum Gasteiger partial charge on any atom is -0.484 e. The van der Waals surface area contributed by atoms with Gasteiger partial charge in [0.15, 0.2) is 6.61 Å². The van der Waals surface area contributed by atoms with Gasteiger partial charge in [-0.15, -0.1) is 0 Å². The summed E-state index contributed by atoms with van der Waals surface area (Å²) in [7, 11) is 0. The maximum atomic E-state index is 12.1. The van der Waals surface area contributed by atoms with Crippen molar-refractivity contribution in [3.8, 4) is 5.75 Å². The third-order valence-electron chi connectivity index (χ3n) is 4.16. The van der Waals surface area contributed by atoms with Crippen LogP contribution in [0.5, 0.6) is 5.75 Å². The van der Waals surface area contributed by atoms with Crippen LogP contribution < -0.4 is 4.74 Å². The first kappa shape index (κ1) is 15.8. The predicted octanol–water partition coefficient (Wildman–Crippen LogP) is 2.42. The lowest BCUT2D eigenvalue weighted by Crippen LogP contribution is -2.47. The van der Waals surface area contributed by atoms with Crippen molar-refractivity contribution in [1.82, 2.24) is 4.90 Å². The lowest BCUT2D eigenvalue weighted by atomic mass is 9.96. The minimum atomic E-state index is -0.424. The van der Waals surface area contributed by atoms with Gasteiger partial charge in [-0.25, -0.2) is 0 Å². The standard InChI is InChI=1S/C17H25NO3/c1-12(2)14-5-4-6-15(9-14)21-11-17(20)18-8-7-13(3)16(19)10-18/h4-6,9,12-13,16,19H,7-8,10-11H2,1-3H3. The van der Waals surface area contributed by atoms with Gasteiger partial charge in [0.25, 0.3) is 5.91 Å². The number of aliphatic hydroxyl groups is 1. The van der Waals surface area contributed by atoms with E-state index in [1.807, 2.05) is 25.1 Å². The Morgan fingerprint density at radius 3 is 2.90 bits per heavy atom. The molecule has 1 aliphatic heterocycles. The molecule has 1 amide bonds. The number of ether oxygens (including phenoxy) is 1. The molecular formula is C17H25NO3. The van der Waals surface area contributed by atoms with Gasteiger partial charge < -0.3 is 14.7 Å². The molecule has 1 N–H and O–H groups in total. The lowest BCUT2D eigenvalue weighted by molar-refractivity contribution is -0.137. The summed E-state index contributed by atoms with van der Waals surface area (Å²) in [6.45, 7) is 7.41. The van der Waals surface area contributed by atoms with Gasteiger partial charge in [0.2, 0.25) is 0 Å². The Morgan fingerprint density at radius 1 is 1.48 bits per heavy atom. The van der Waals surface area contributed by atoms with Crippen LogP contribution in [0.25, 0.3) is 0 Å². The van der Waals surface area contributed by atoms with Crippen LogP contribution in [0.15, 0.2) is 24.3 Å². The van der Waals surface area contributed by atoms with Crippen LogP contribution >= 0.6 is 0 Å². The Morgan fingerprint density at radius 2 is 2.24 bits per heavy atom. The average Bonchev–Trinajstić information content (AvgIpc) is 2.48. The highest BCUT2D eigenvalue weighted by molar-refractivity contribution is 5.77. The predicted molar refractivity (Wildman–Crippen MR) is 82.4 cm³/mol. The first-order valence-electron chi connectivity index (χ1n) is 7.66. The number of hydrogen-bond donors (Lipinski definition) is 1. The van der Waals surface area contributed by atoms with Gasteiger partial charge >= 0.3 is 0 Å². The van der Waals surface area contributed by atoms with Crippen molar-refractivity contribution in [3.05, 3.63) is 29.8 Å². The smallest absolute Gasteiger partial charge is 0.260 e. The van der Waals surface area contributed by atoms with Crippen LogP contribution in [0.4, 0.5) is 0 Å². The Hall–Kier alpha value is -1.55. The molecule has 4 nitrogen and oxygen atoms in total. The largest absolute Gasteiger partial charge is 0.484 e. The summed E-state index contributed by atoms with van der Waals surface area (Å²) in [6.07, 6.45) is 0.419. The zero-order chi connectivity index (χ0) is 15.4. The highest BCUT2D eigenvalue weighted by Crippen LogP contribution is 2.21. The van der Waals surface area contributed by atoms with Crippen LogP contribution in [0.1, 0.15) is 38.7 Å². The number of hydrogen-bond acceptors (Lipinski definition) is 3. The molecule has 1 aromatic rings. The summed E-state index contributed by atoms with van der Waals surface area (Å²) in [5, 5.41) is 9.84. The Balaban J connectivity index is 1.88. The monoisotopic (exact) mass is 291 g/mol. The molecule has 0 saturated carbocycles. The molecule has 116 valence electrons. The molecule has 4 heteroatoms. The average molecular weight is 291 g/mol. The van der Waals surface area contributed by atoms with Crippen LogP contribution in [0.2, 0.25) is 0 Å². The van der Waals surface area contributed by atoms with E-state index in [0.717, 1.165) is 12.2 Å². The molecule has 0 aromatic heterocycles. The number of nitrogens with zero attached hydrogens (tertiary/aromatic N) is 1. The Bertz CT molecular complexity index is 487. The van der Waals surface area contributed by atoms with Crippen molar-refractivity contribution in [1.29, 1.82) is 0 Å². The summed E-state index contributed by atoms with van der Waals surface area (Å²) in [5.41, 5.74) is 1.20. The summed E-state index contributed by atoms with van der Waals surface area (Å²) >= 11 is 0. The van der Waals surface area contributed by atoms with E-state index >= 15 is 0 Å². The van der Waals surface area contributed by atoms with E-state index in [2.05, 4.69) is 19.9 Å². The Labute approximate surface area is 126 Å². The summed E-state index contributed by atoms with van der Waals surface area (Å²) in [4.78, 5) is 13.8. The number of aliphatic hydroxyl groups excluding tert-OH is 1. The zero-order valence-electron chi connectivity index (χ0n) is 13.1. The fourth-order valence-electron chi connectivity index (χ4n) is 2.48. The highest BCUT2D eigenvalue weighted by Gasteiger charge is 2.27. The number of amides is 1. The van der Waals surface area contributed by atoms with Crippen molar-refractivity contribution in [2.75, 3.05) is 19.7 Å². The molecule has 2 unspecified atom stereocenters. The SMILES string of the molecule is CC(C)c1cccc(OCC(=O)N2CCC(C)C(O)C2)c1. The normalized spacial score (nSPS) is 22.4. The number of β-amino-alcohol motifs (C(OH)–C–C–N with tert-alkyl or cyclic N) is 1. The molecule has 1 aliphatic rings. The van der Waals surface area contributed by atoms with Gasteiger partial charge in [-0.2, -0.15) is 0 Å². The molecule has 2 atom stereocenters. The number of likely N-dealkylation sites (tertiary alicyclic amines) is 1. The molecule has 0 bridgehead atoms. The fraction of sp³-hybridized carbons (Fsp3) is 0.588. The second-order valence-electron chi connectivity index (χ2n) is 6.19. The van der Waals surface area contributed by atoms with Gasteiger partial charge in [-0.1, -0.05) is 32.9 Å². The maximum Gasteiger partial charge on any atom is 0.260 e. The summed E-state index contributed by atoms with van der Waals surface area (Å²) < 4.78 is 5.60. The van der Waals surface area contributed by atoms with Crippen molar-refractivity contribution in [2.45, 2.75) is 39.2 Å². The number of piperidine rings is 1. The molecule has 2 rings (SSSR count). The molecule has 0 aliphatic carbocycles. The maximum absolute atomic E-state index is 12.1. The molecule has 1 saturated heterocycles. The van der Waals surface area contributed by atoms with Crippen LogP contribution in [-0.4, -0.2) is 41.7 Å². The molecule has 1 heterocycles. The van der Waals surface area contributed by atoms with E-state index < -0.39 is 6.10 Å². The second kappa shape index (κ2) is 6.94. The Kier molecular flexibility index (Phi) is 5.23. The van der Waals surface area contributed by atoms with Crippen molar-refractivity contribution < 1.29 is 14.6 Å². The van der Waals surface area contributed by atoms with E-state index in [9.17, 15) is 9.90 Å². The number of rotatable bonds is 4. The van der Waals surface area contributed by atoms with Gasteiger partial charge in [0.05, 0.1) is 6.10 Å². The third kappa shape index (κ3) is 4.21. The molecule has 1 fully saturated rings. The minimum absolute atomic E-state index is 0.0304. The van der Waals surface area contributed by atoms with Gasteiger partial charge in [0, 0.05) is 13.1 Å². The fourth-order valence-corrected chi connectivity index (χ4v) is 2.48. The first-order valence-corrected chi connectivity index (χ1v) is 7.66. The lowest BCUT2D eigenvalue weighted by Gasteiger charge is -2.34. The quantitative estimate of drug-likeness (QED) is 0.927. The topological polar surface area (TPSA) is 49.8 Å². The molecular weight excluding hydrogens is 266 g/mol. The van der Waals surface area contributed by atoms with E-state index in [1.54, 1.807) is 4.90 Å². The van der Waals surface area contributed by atoms with Gasteiger partial charge in [0.1, 0.15) is 5.75 Å². The van der Waals surface area contributed by atoms with E-state index in [-0.39, 0.29) is 18.4 Å². The number of carbonyl (C=O) groups excluding carboxylic acids is 1. The van der Waals surface area contributed by atoms with E-state index in [0.29, 0.717) is 19.0 Å². The second-order valence-corrected chi connectivity index (χ2v) is 6.19. The van der Waals surface area contributed by atoms with Crippen molar-refractivity contribution in [3.63, 3.8) is 0 Å². The van der Waals surface area contributed by atoms with Crippen molar-refractivity contribution in [2.24, 2.45) is 5.92 Å². The zero-order valence-corrected chi connectivity index (χ0v) is 13.1. The van der Waals surface area contributed by atoms with E-state index in [4.69, 9.17) is 4.74 Å². The first-order chi connectivity index (χ1) is 9.97. The van der Waals surface area contributed by atoms with Gasteiger partial charge in [-0.05, 0) is 36.0 Å². The summed E-state index contributed by atoms with van der Waals surface area (Å²) in [6, 6.07) is 7.85. The van der Waals surface area contributed by atoms with Crippen LogP contribution in [0.3, 0.4) is 0 Å².